The molecule has 1 aromatic carbocycles. The first-order valence-corrected chi connectivity index (χ1v) is 7.21. The summed E-state index contributed by atoms with van der Waals surface area (Å²) in [4.78, 5) is 22.2. The van der Waals surface area contributed by atoms with Gasteiger partial charge < -0.3 is 9.84 Å². The largest absolute Gasteiger partial charge is 0.497 e. The highest BCUT2D eigenvalue weighted by Gasteiger charge is 2.10. The van der Waals surface area contributed by atoms with Crippen molar-refractivity contribution in [3.05, 3.63) is 40.3 Å². The number of carboxylic acid groups (broad SMARTS) is 1. The lowest BCUT2D eigenvalue weighted by Crippen LogP contribution is -2.19. The van der Waals surface area contributed by atoms with Crippen LogP contribution in [0.4, 0.5) is 0 Å². The molecule has 2 rings (SSSR count). The third kappa shape index (κ3) is 4.12. The number of thioether (sulfide) groups is 1. The number of aryl methyl sites for hydroxylation is 1. The summed E-state index contributed by atoms with van der Waals surface area (Å²) in [7, 11) is 1.60. The van der Waals surface area contributed by atoms with E-state index in [4.69, 9.17) is 9.84 Å². The minimum atomic E-state index is -0.947. The molecular weight excluding hydrogens is 294 g/mol. The standard InChI is InChI=1S/C13H15N3O4S/c1-20-10-4-2-9(3-5-10)6-7-16-12(19)14-15-13(16)21-8-11(17)18/h2-5H,6-8H2,1H3,(H,14,19)(H,17,18). The Morgan fingerprint density at radius 1 is 1.43 bits per heavy atom. The maximum absolute atomic E-state index is 11.7. The first kappa shape index (κ1) is 15.2. The molecule has 0 fully saturated rings. The second kappa shape index (κ2) is 6.98. The quantitative estimate of drug-likeness (QED) is 0.741. The third-order valence-electron chi connectivity index (χ3n) is 2.83. The van der Waals surface area contributed by atoms with E-state index in [0.717, 1.165) is 23.1 Å². The van der Waals surface area contributed by atoms with E-state index in [1.165, 1.54) is 4.57 Å². The van der Waals surface area contributed by atoms with Crippen molar-refractivity contribution < 1.29 is 14.6 Å². The van der Waals surface area contributed by atoms with E-state index in [-0.39, 0.29) is 11.4 Å². The van der Waals surface area contributed by atoms with Crippen LogP contribution in [0.2, 0.25) is 0 Å². The molecule has 2 aromatic rings. The van der Waals surface area contributed by atoms with Crippen LogP contribution in [-0.2, 0) is 17.8 Å². The van der Waals surface area contributed by atoms with Gasteiger partial charge in [0.25, 0.3) is 0 Å². The van der Waals surface area contributed by atoms with Crippen molar-refractivity contribution in [2.24, 2.45) is 0 Å². The number of carboxylic acids is 1. The molecule has 0 spiro atoms. The fraction of sp³-hybridized carbons (Fsp3) is 0.308. The van der Waals surface area contributed by atoms with Crippen molar-refractivity contribution in [1.82, 2.24) is 14.8 Å². The Morgan fingerprint density at radius 2 is 2.14 bits per heavy atom. The number of nitrogens with one attached hydrogen (secondary N) is 1. The Morgan fingerprint density at radius 3 is 2.76 bits per heavy atom. The zero-order valence-electron chi connectivity index (χ0n) is 11.4. The maximum Gasteiger partial charge on any atom is 0.343 e. The van der Waals surface area contributed by atoms with E-state index in [1.54, 1.807) is 7.11 Å². The average molecular weight is 309 g/mol. The second-order valence-electron chi connectivity index (χ2n) is 4.24. The van der Waals surface area contributed by atoms with Crippen molar-refractivity contribution in [3.8, 4) is 5.75 Å². The molecule has 0 saturated carbocycles. The summed E-state index contributed by atoms with van der Waals surface area (Å²) in [5.41, 5.74) is 0.717. The Labute approximate surface area is 124 Å². The number of aromatic amines is 1. The molecule has 0 amide bonds. The van der Waals surface area contributed by atoms with E-state index in [0.29, 0.717) is 18.1 Å². The van der Waals surface area contributed by atoms with Crippen LogP contribution < -0.4 is 10.4 Å². The van der Waals surface area contributed by atoms with Gasteiger partial charge in [-0.25, -0.2) is 9.89 Å². The van der Waals surface area contributed by atoms with Crippen molar-refractivity contribution in [3.63, 3.8) is 0 Å². The smallest absolute Gasteiger partial charge is 0.343 e. The summed E-state index contributed by atoms with van der Waals surface area (Å²) in [5.74, 6) is -0.304. The van der Waals surface area contributed by atoms with Gasteiger partial charge in [0.15, 0.2) is 5.16 Å². The van der Waals surface area contributed by atoms with Gasteiger partial charge in [0.1, 0.15) is 5.75 Å². The summed E-state index contributed by atoms with van der Waals surface area (Å²) in [6.45, 7) is 0.434. The van der Waals surface area contributed by atoms with Crippen LogP contribution in [0.1, 0.15) is 5.56 Å². The highest BCUT2D eigenvalue weighted by Crippen LogP contribution is 2.15. The van der Waals surface area contributed by atoms with Gasteiger partial charge in [-0.2, -0.15) is 0 Å². The third-order valence-corrected chi connectivity index (χ3v) is 3.79. The summed E-state index contributed by atoms with van der Waals surface area (Å²) in [5, 5.41) is 15.2. The van der Waals surface area contributed by atoms with E-state index in [1.807, 2.05) is 24.3 Å². The number of hydrogen-bond acceptors (Lipinski definition) is 5. The van der Waals surface area contributed by atoms with Gasteiger partial charge in [0.2, 0.25) is 0 Å². The number of rotatable bonds is 7. The highest BCUT2D eigenvalue weighted by atomic mass is 32.2. The summed E-state index contributed by atoms with van der Waals surface area (Å²) in [6.07, 6.45) is 0.643. The number of carbonyl (C=O) groups is 1. The molecule has 0 atom stereocenters. The summed E-state index contributed by atoms with van der Waals surface area (Å²) >= 11 is 1.02. The molecule has 0 radical (unpaired) electrons. The maximum atomic E-state index is 11.7. The molecule has 1 aromatic heterocycles. The molecule has 0 bridgehead atoms. The SMILES string of the molecule is COc1ccc(CCn2c(SCC(=O)O)n[nH]c2=O)cc1. The van der Waals surface area contributed by atoms with Gasteiger partial charge in [-0.1, -0.05) is 23.9 Å². The van der Waals surface area contributed by atoms with Crippen LogP contribution in [-0.4, -0.2) is 38.7 Å². The first-order chi connectivity index (χ1) is 10.1. The van der Waals surface area contributed by atoms with Crippen LogP contribution >= 0.6 is 11.8 Å². The van der Waals surface area contributed by atoms with Crippen LogP contribution in [0.5, 0.6) is 5.75 Å². The molecule has 0 saturated heterocycles. The molecule has 0 aliphatic rings. The van der Waals surface area contributed by atoms with Crippen LogP contribution in [0.3, 0.4) is 0 Å². The Balaban J connectivity index is 2.03. The summed E-state index contributed by atoms with van der Waals surface area (Å²) < 4.78 is 6.53. The van der Waals surface area contributed by atoms with Crippen molar-refractivity contribution in [1.29, 1.82) is 0 Å². The molecular formula is C13H15N3O4S. The second-order valence-corrected chi connectivity index (χ2v) is 5.19. The first-order valence-electron chi connectivity index (χ1n) is 6.23. The molecule has 2 N–H and O–H groups in total. The topological polar surface area (TPSA) is 97.2 Å². The number of nitrogens with zero attached hydrogens (tertiary/aromatic N) is 2. The minimum absolute atomic E-state index is 0.132. The molecule has 0 aliphatic heterocycles. The lowest BCUT2D eigenvalue weighted by Gasteiger charge is -2.06. The molecule has 21 heavy (non-hydrogen) atoms. The van der Waals surface area contributed by atoms with Crippen molar-refractivity contribution >= 4 is 17.7 Å². The van der Waals surface area contributed by atoms with Gasteiger partial charge in [-0.3, -0.25) is 9.36 Å². The number of H-pyrrole nitrogens is 1. The molecule has 1 heterocycles. The van der Waals surface area contributed by atoms with Crippen LogP contribution in [0.25, 0.3) is 0 Å². The average Bonchev–Trinajstić information content (AvgIpc) is 2.84. The van der Waals surface area contributed by atoms with Gasteiger partial charge in [-0.05, 0) is 24.1 Å². The normalized spacial score (nSPS) is 10.5. The lowest BCUT2D eigenvalue weighted by atomic mass is 10.1. The Kier molecular flexibility index (Phi) is 5.04. The molecule has 112 valence electrons. The Bertz CT molecular complexity index is 663. The monoisotopic (exact) mass is 309 g/mol. The molecule has 0 aliphatic carbocycles. The van der Waals surface area contributed by atoms with Crippen LogP contribution in [0.15, 0.2) is 34.2 Å². The van der Waals surface area contributed by atoms with Crippen molar-refractivity contribution in [2.45, 2.75) is 18.1 Å². The van der Waals surface area contributed by atoms with Gasteiger partial charge in [-0.15, -0.1) is 5.10 Å². The highest BCUT2D eigenvalue weighted by molar-refractivity contribution is 7.99. The number of aliphatic carboxylic acids is 1. The fourth-order valence-electron chi connectivity index (χ4n) is 1.77. The predicted molar refractivity (Wildman–Crippen MR) is 77.9 cm³/mol. The Hall–Kier alpha value is -2.22. The van der Waals surface area contributed by atoms with E-state index in [2.05, 4.69) is 10.2 Å². The van der Waals surface area contributed by atoms with Crippen molar-refractivity contribution in [2.75, 3.05) is 12.9 Å². The zero-order valence-corrected chi connectivity index (χ0v) is 12.2. The number of benzene rings is 1. The van der Waals surface area contributed by atoms with Gasteiger partial charge in [0.05, 0.1) is 12.9 Å². The van der Waals surface area contributed by atoms with E-state index >= 15 is 0 Å². The predicted octanol–water partition coefficient (Wildman–Crippen LogP) is 0.999. The lowest BCUT2D eigenvalue weighted by molar-refractivity contribution is -0.133. The van der Waals surface area contributed by atoms with Crippen LogP contribution in [0, 0.1) is 0 Å². The number of hydrogen-bond donors (Lipinski definition) is 2. The number of aromatic nitrogens is 3. The van der Waals surface area contributed by atoms with E-state index in [9.17, 15) is 9.59 Å². The molecule has 7 nitrogen and oxygen atoms in total. The zero-order chi connectivity index (χ0) is 15.2. The fourth-order valence-corrected chi connectivity index (χ4v) is 2.46. The minimum Gasteiger partial charge on any atom is -0.497 e. The number of methoxy groups -OCH3 is 1. The van der Waals surface area contributed by atoms with Gasteiger partial charge >= 0.3 is 11.7 Å². The summed E-state index contributed by atoms with van der Waals surface area (Å²) in [6, 6.07) is 7.56. The molecule has 8 heteroatoms. The molecule has 0 unspecified atom stereocenters. The van der Waals surface area contributed by atoms with E-state index < -0.39 is 5.97 Å². The number of ether oxygens (including phenoxy) is 1. The van der Waals surface area contributed by atoms with Gasteiger partial charge in [0, 0.05) is 6.54 Å².